The van der Waals surface area contributed by atoms with Gasteiger partial charge in [0.1, 0.15) is 11.6 Å². The monoisotopic (exact) mass is 271 g/mol. The number of aromatic nitrogens is 2. The summed E-state index contributed by atoms with van der Waals surface area (Å²) in [5, 5.41) is 3.19. The molecule has 0 aliphatic carbocycles. The lowest BCUT2D eigenvalue weighted by Gasteiger charge is -2.09. The lowest BCUT2D eigenvalue weighted by Crippen LogP contribution is -2.13. The highest BCUT2D eigenvalue weighted by atomic mass is 16.1. The number of nitrogens with one attached hydrogen (secondary N) is 2. The van der Waals surface area contributed by atoms with Crippen molar-refractivity contribution in [2.75, 3.05) is 5.32 Å². The molecule has 1 heterocycles. The van der Waals surface area contributed by atoms with Crippen LogP contribution in [0.15, 0.2) is 35.1 Å². The number of aromatic amines is 1. The summed E-state index contributed by atoms with van der Waals surface area (Å²) in [6, 6.07) is 9.99. The summed E-state index contributed by atoms with van der Waals surface area (Å²) in [6.45, 7) is 6.99. The summed E-state index contributed by atoms with van der Waals surface area (Å²) >= 11 is 0. The predicted octanol–water partition coefficient (Wildman–Crippen LogP) is 3.07. The molecular formula is C16H21N3O. The van der Waals surface area contributed by atoms with Gasteiger partial charge in [-0.2, -0.15) is 0 Å². The zero-order valence-corrected chi connectivity index (χ0v) is 12.2. The normalized spacial score (nSPS) is 10.8. The zero-order chi connectivity index (χ0) is 14.5. The molecule has 20 heavy (non-hydrogen) atoms. The van der Waals surface area contributed by atoms with Crippen LogP contribution >= 0.6 is 0 Å². The van der Waals surface area contributed by atoms with E-state index in [1.165, 1.54) is 17.2 Å². The Balaban J connectivity index is 2.05. The van der Waals surface area contributed by atoms with Gasteiger partial charge in [0, 0.05) is 19.0 Å². The van der Waals surface area contributed by atoms with Crippen molar-refractivity contribution in [2.24, 2.45) is 0 Å². The minimum Gasteiger partial charge on any atom is -0.366 e. The molecular weight excluding hydrogens is 250 g/mol. The van der Waals surface area contributed by atoms with E-state index in [4.69, 9.17) is 0 Å². The Labute approximate surface area is 119 Å². The Morgan fingerprint density at radius 2 is 1.95 bits per heavy atom. The first kappa shape index (κ1) is 14.3. The largest absolute Gasteiger partial charge is 0.366 e. The molecule has 106 valence electrons. The minimum absolute atomic E-state index is 0.116. The lowest BCUT2D eigenvalue weighted by molar-refractivity contribution is 0.864. The van der Waals surface area contributed by atoms with E-state index in [1.54, 1.807) is 0 Å². The van der Waals surface area contributed by atoms with E-state index < -0.39 is 0 Å². The van der Waals surface area contributed by atoms with E-state index in [9.17, 15) is 4.79 Å². The van der Waals surface area contributed by atoms with E-state index in [-0.39, 0.29) is 5.56 Å². The van der Waals surface area contributed by atoms with Gasteiger partial charge in [0.2, 0.25) is 0 Å². The van der Waals surface area contributed by atoms with Crippen molar-refractivity contribution in [3.05, 3.63) is 57.6 Å². The number of rotatable bonds is 5. The highest BCUT2D eigenvalue weighted by Crippen LogP contribution is 2.15. The lowest BCUT2D eigenvalue weighted by atomic mass is 10.0. The van der Waals surface area contributed by atoms with Gasteiger partial charge in [-0.1, -0.05) is 45.0 Å². The molecule has 0 saturated heterocycles. The average Bonchev–Trinajstić information content (AvgIpc) is 2.45. The fourth-order valence-electron chi connectivity index (χ4n) is 1.98. The van der Waals surface area contributed by atoms with Crippen LogP contribution in [0.1, 0.15) is 43.6 Å². The first-order valence-corrected chi connectivity index (χ1v) is 7.01. The van der Waals surface area contributed by atoms with E-state index >= 15 is 0 Å². The maximum Gasteiger partial charge on any atom is 0.252 e. The summed E-state index contributed by atoms with van der Waals surface area (Å²) in [6.07, 6.45) is 0.716. The van der Waals surface area contributed by atoms with Crippen LogP contribution in [0.25, 0.3) is 0 Å². The number of hydrogen-bond donors (Lipinski definition) is 2. The quantitative estimate of drug-likeness (QED) is 0.878. The van der Waals surface area contributed by atoms with Crippen LogP contribution in [0.4, 0.5) is 5.82 Å². The van der Waals surface area contributed by atoms with E-state index in [0.717, 1.165) is 0 Å². The number of hydrogen-bond acceptors (Lipinski definition) is 3. The van der Waals surface area contributed by atoms with Crippen molar-refractivity contribution in [3.8, 4) is 0 Å². The van der Waals surface area contributed by atoms with E-state index in [0.29, 0.717) is 30.5 Å². The van der Waals surface area contributed by atoms with Crippen molar-refractivity contribution in [2.45, 2.75) is 39.7 Å². The summed E-state index contributed by atoms with van der Waals surface area (Å²) in [5.74, 6) is 1.87. The minimum atomic E-state index is -0.116. The van der Waals surface area contributed by atoms with Gasteiger partial charge in [0.15, 0.2) is 0 Å². The summed E-state index contributed by atoms with van der Waals surface area (Å²) < 4.78 is 0. The van der Waals surface area contributed by atoms with Gasteiger partial charge in [-0.3, -0.25) is 4.79 Å². The Kier molecular flexibility index (Phi) is 4.56. The average molecular weight is 271 g/mol. The molecule has 1 aromatic heterocycles. The third-order valence-electron chi connectivity index (χ3n) is 3.25. The van der Waals surface area contributed by atoms with Crippen LogP contribution in [0, 0.1) is 0 Å². The SMILES string of the molecule is CCc1nc(NCc2ccc(C(C)C)cc2)cc(=O)[nH]1. The van der Waals surface area contributed by atoms with Crippen molar-refractivity contribution < 1.29 is 0 Å². The van der Waals surface area contributed by atoms with Crippen molar-refractivity contribution in [3.63, 3.8) is 0 Å². The Morgan fingerprint density at radius 1 is 1.25 bits per heavy atom. The molecule has 0 amide bonds. The maximum atomic E-state index is 11.5. The van der Waals surface area contributed by atoms with Crippen LogP contribution in [0.3, 0.4) is 0 Å². The molecule has 0 unspecified atom stereocenters. The Hall–Kier alpha value is -2.10. The van der Waals surface area contributed by atoms with Gasteiger partial charge >= 0.3 is 0 Å². The molecule has 0 atom stereocenters. The smallest absolute Gasteiger partial charge is 0.252 e. The van der Waals surface area contributed by atoms with E-state index in [2.05, 4.69) is 53.4 Å². The van der Waals surface area contributed by atoms with E-state index in [1.807, 2.05) is 6.92 Å². The zero-order valence-electron chi connectivity index (χ0n) is 12.2. The topological polar surface area (TPSA) is 57.8 Å². The van der Waals surface area contributed by atoms with Gasteiger partial charge in [0.25, 0.3) is 5.56 Å². The second-order valence-electron chi connectivity index (χ2n) is 5.18. The fourth-order valence-corrected chi connectivity index (χ4v) is 1.98. The Bertz CT molecular complexity index is 614. The van der Waals surface area contributed by atoms with Crippen LogP contribution in [-0.4, -0.2) is 9.97 Å². The molecule has 0 aliphatic rings. The van der Waals surface area contributed by atoms with Crippen LogP contribution in [0.2, 0.25) is 0 Å². The molecule has 4 heteroatoms. The molecule has 2 N–H and O–H groups in total. The second kappa shape index (κ2) is 6.37. The van der Waals surface area contributed by atoms with Crippen LogP contribution < -0.4 is 10.9 Å². The number of H-pyrrole nitrogens is 1. The molecule has 2 rings (SSSR count). The summed E-state index contributed by atoms with van der Waals surface area (Å²) in [7, 11) is 0. The molecule has 2 aromatic rings. The molecule has 4 nitrogen and oxygen atoms in total. The fraction of sp³-hybridized carbons (Fsp3) is 0.375. The van der Waals surface area contributed by atoms with Crippen molar-refractivity contribution in [1.29, 1.82) is 0 Å². The number of anilines is 1. The first-order valence-electron chi connectivity index (χ1n) is 7.01. The maximum absolute atomic E-state index is 11.5. The van der Waals surface area contributed by atoms with Gasteiger partial charge in [-0.05, 0) is 17.0 Å². The number of nitrogens with zero attached hydrogens (tertiary/aromatic N) is 1. The van der Waals surface area contributed by atoms with Gasteiger partial charge in [-0.25, -0.2) is 4.98 Å². The third kappa shape index (κ3) is 3.70. The summed E-state index contributed by atoms with van der Waals surface area (Å²) in [4.78, 5) is 18.5. The highest BCUT2D eigenvalue weighted by molar-refractivity contribution is 5.35. The molecule has 0 aliphatic heterocycles. The first-order chi connectivity index (χ1) is 9.58. The molecule has 0 bridgehead atoms. The van der Waals surface area contributed by atoms with Gasteiger partial charge in [-0.15, -0.1) is 0 Å². The molecule has 0 saturated carbocycles. The molecule has 0 radical (unpaired) electrons. The molecule has 0 fully saturated rings. The van der Waals surface area contributed by atoms with Crippen molar-refractivity contribution in [1.82, 2.24) is 9.97 Å². The Morgan fingerprint density at radius 3 is 2.55 bits per heavy atom. The molecule has 0 spiro atoms. The summed E-state index contributed by atoms with van der Waals surface area (Å²) in [5.41, 5.74) is 2.39. The number of benzene rings is 1. The third-order valence-corrected chi connectivity index (χ3v) is 3.25. The van der Waals surface area contributed by atoms with Crippen molar-refractivity contribution >= 4 is 5.82 Å². The van der Waals surface area contributed by atoms with Gasteiger partial charge in [0.05, 0.1) is 0 Å². The molecule has 1 aromatic carbocycles. The standard InChI is InChI=1S/C16H21N3O/c1-4-14-18-15(9-16(20)19-14)17-10-12-5-7-13(8-6-12)11(2)3/h5-9,11H,4,10H2,1-3H3,(H2,17,18,19,20). The highest BCUT2D eigenvalue weighted by Gasteiger charge is 2.01. The predicted molar refractivity (Wildman–Crippen MR) is 82.1 cm³/mol. The van der Waals surface area contributed by atoms with Crippen LogP contribution in [-0.2, 0) is 13.0 Å². The van der Waals surface area contributed by atoms with Gasteiger partial charge < -0.3 is 10.3 Å². The second-order valence-corrected chi connectivity index (χ2v) is 5.18. The van der Waals surface area contributed by atoms with Crippen LogP contribution in [0.5, 0.6) is 0 Å². The number of aryl methyl sites for hydroxylation is 1.